The summed E-state index contributed by atoms with van der Waals surface area (Å²) in [5, 5.41) is 12.5. The summed E-state index contributed by atoms with van der Waals surface area (Å²) in [5.41, 5.74) is -7.09. The smallest absolute Gasteiger partial charge is 0.430 e. The van der Waals surface area contributed by atoms with Crippen LogP contribution in [0.3, 0.4) is 0 Å². The Morgan fingerprint density at radius 3 is 2.30 bits per heavy atom. The molecule has 2 aromatic rings. The van der Waals surface area contributed by atoms with Crippen molar-refractivity contribution >= 4 is 23.5 Å². The Bertz CT molecular complexity index is 1490. The van der Waals surface area contributed by atoms with Gasteiger partial charge in [-0.1, -0.05) is 25.5 Å². The van der Waals surface area contributed by atoms with E-state index in [1.165, 1.54) is 18.0 Å². The number of carbonyl (C=O) groups excluding carboxylic acids is 3. The lowest BCUT2D eigenvalue weighted by Gasteiger charge is -2.42. The summed E-state index contributed by atoms with van der Waals surface area (Å²) in [6.45, 7) is 8.45. The monoisotopic (exact) mass is 673 g/mol. The first-order valence-electron chi connectivity index (χ1n) is 15.1. The molecule has 2 fully saturated rings. The second-order valence-corrected chi connectivity index (χ2v) is 12.2. The number of benzene rings is 1. The van der Waals surface area contributed by atoms with E-state index in [2.05, 4.69) is 10.3 Å². The summed E-state index contributed by atoms with van der Waals surface area (Å²) < 4.78 is 86.7. The maximum absolute atomic E-state index is 13.5. The number of aliphatic hydroxyl groups is 1. The van der Waals surface area contributed by atoms with Crippen LogP contribution in [-0.4, -0.2) is 88.4 Å². The molecule has 0 spiro atoms. The first-order chi connectivity index (χ1) is 21.7. The second-order valence-electron chi connectivity index (χ2n) is 12.2. The van der Waals surface area contributed by atoms with Gasteiger partial charge in [-0.2, -0.15) is 26.3 Å². The minimum absolute atomic E-state index is 0.0983. The fourth-order valence-corrected chi connectivity index (χ4v) is 5.88. The van der Waals surface area contributed by atoms with Crippen LogP contribution < -0.4 is 15.0 Å². The third-order valence-electron chi connectivity index (χ3n) is 8.31. The van der Waals surface area contributed by atoms with Gasteiger partial charge < -0.3 is 25.0 Å². The predicted octanol–water partition coefficient (Wildman–Crippen LogP) is 4.64. The molecule has 0 aliphatic carbocycles. The van der Waals surface area contributed by atoms with Crippen LogP contribution in [0.25, 0.3) is 0 Å². The third-order valence-corrected chi connectivity index (χ3v) is 8.31. The summed E-state index contributed by atoms with van der Waals surface area (Å²) in [4.78, 5) is 47.9. The zero-order valence-corrected chi connectivity index (χ0v) is 26.5. The number of aromatic nitrogens is 1. The Morgan fingerprint density at radius 1 is 1.11 bits per heavy atom. The lowest BCUT2D eigenvalue weighted by molar-refractivity contribution is -0.376. The Balaban J connectivity index is 1.48. The lowest BCUT2D eigenvalue weighted by atomic mass is 9.89. The van der Waals surface area contributed by atoms with Crippen molar-refractivity contribution in [3.05, 3.63) is 53.3 Å². The maximum atomic E-state index is 13.5. The molecule has 2 aliphatic rings. The molecule has 258 valence electrons. The molecule has 2 N–H and O–H groups in total. The van der Waals surface area contributed by atoms with Crippen molar-refractivity contribution in [1.29, 1.82) is 0 Å². The number of hydrogen-bond acceptors (Lipinski definition) is 7. The van der Waals surface area contributed by atoms with Gasteiger partial charge in [0.15, 0.2) is 5.54 Å². The highest BCUT2D eigenvalue weighted by Crippen LogP contribution is 2.50. The van der Waals surface area contributed by atoms with Gasteiger partial charge in [0.25, 0.3) is 11.5 Å². The number of amides is 4. The van der Waals surface area contributed by atoms with E-state index in [4.69, 9.17) is 4.74 Å². The molecule has 0 radical (unpaired) electrons. The number of ether oxygens (including phenoxy) is 1. The van der Waals surface area contributed by atoms with Gasteiger partial charge >= 0.3 is 18.4 Å². The van der Waals surface area contributed by atoms with Crippen molar-refractivity contribution in [3.8, 4) is 5.75 Å². The first kappa shape index (κ1) is 35.8. The number of aryl methyl sites for hydroxylation is 1. The minimum atomic E-state index is -6.01. The van der Waals surface area contributed by atoms with Crippen molar-refractivity contribution < 1.29 is 50.6 Å². The summed E-state index contributed by atoms with van der Waals surface area (Å²) in [7, 11) is 0. The largest absolute Gasteiger partial charge is 0.489 e. The van der Waals surface area contributed by atoms with Crippen molar-refractivity contribution in [2.75, 3.05) is 31.1 Å². The van der Waals surface area contributed by atoms with Crippen molar-refractivity contribution in [2.45, 2.75) is 83.1 Å². The van der Waals surface area contributed by atoms with Crippen LogP contribution in [0.5, 0.6) is 5.75 Å². The number of carbonyl (C=O) groups is 3. The fourth-order valence-electron chi connectivity index (χ4n) is 5.88. The van der Waals surface area contributed by atoms with Crippen LogP contribution in [0.2, 0.25) is 0 Å². The molecule has 1 aromatic heterocycles. The topological polar surface area (TPSA) is 115 Å². The zero-order chi connectivity index (χ0) is 35.1. The van der Waals surface area contributed by atoms with Crippen LogP contribution in [0.4, 0.5) is 36.8 Å². The SMILES string of the molecule is CCCc1cc(C(O)(C(F)(F)F)C(F)(F)F)ccc1N1CCN(C(=O)CN2C(=O)NC(C)(c3ccc(OC(C)C)cn3)C2=O)[C@@H](C)C1. The molecule has 2 atom stereocenters. The van der Waals surface area contributed by atoms with Crippen LogP contribution in [0.15, 0.2) is 36.5 Å². The molecule has 4 amide bonds. The highest BCUT2D eigenvalue weighted by Gasteiger charge is 2.71. The standard InChI is InChI=1S/C31H37F6N5O5/c1-6-7-20-14-21(29(46,30(32,33)34)31(35,36)37)8-10-23(20)40-12-13-41(19(4)16-40)25(43)17-42-26(44)28(5,39-27(42)45)24-11-9-22(15-38-24)47-18(2)3/h8-11,14-15,18-19,46H,6-7,12-13,16-17H2,1-5H3,(H,39,45)/t19-,28?/m0/s1. The van der Waals surface area contributed by atoms with Crippen molar-refractivity contribution in [2.24, 2.45) is 0 Å². The molecule has 2 aliphatic heterocycles. The van der Waals surface area contributed by atoms with E-state index in [1.807, 2.05) is 13.8 Å². The number of pyridine rings is 1. The summed E-state index contributed by atoms with van der Waals surface area (Å²) >= 11 is 0. The van der Waals surface area contributed by atoms with Gasteiger partial charge in [-0.25, -0.2) is 4.79 Å². The Labute approximate surface area is 267 Å². The minimum Gasteiger partial charge on any atom is -0.489 e. The molecular weight excluding hydrogens is 636 g/mol. The van der Waals surface area contributed by atoms with Gasteiger partial charge in [0.1, 0.15) is 12.3 Å². The van der Waals surface area contributed by atoms with Crippen molar-refractivity contribution in [1.82, 2.24) is 20.1 Å². The van der Waals surface area contributed by atoms with Gasteiger partial charge in [-0.15, -0.1) is 0 Å². The first-order valence-corrected chi connectivity index (χ1v) is 15.1. The Morgan fingerprint density at radius 2 is 1.77 bits per heavy atom. The number of halogens is 6. The molecule has 0 saturated carbocycles. The van der Waals surface area contributed by atoms with E-state index in [9.17, 15) is 45.8 Å². The molecule has 1 unspecified atom stereocenters. The third kappa shape index (κ3) is 6.69. The Hall–Kier alpha value is -4.08. The predicted molar refractivity (Wildman–Crippen MR) is 157 cm³/mol. The molecule has 4 rings (SSSR count). The highest BCUT2D eigenvalue weighted by molar-refractivity contribution is 6.09. The highest BCUT2D eigenvalue weighted by atomic mass is 19.4. The van der Waals surface area contributed by atoms with Gasteiger partial charge in [0.2, 0.25) is 5.91 Å². The molecule has 10 nitrogen and oxygen atoms in total. The van der Waals surface area contributed by atoms with Gasteiger partial charge in [-0.3, -0.25) is 19.5 Å². The maximum Gasteiger partial charge on any atom is 0.430 e. The van der Waals surface area contributed by atoms with E-state index in [1.54, 1.807) is 30.9 Å². The van der Waals surface area contributed by atoms with Crippen molar-refractivity contribution in [3.63, 3.8) is 0 Å². The normalized spacial score (nSPS) is 21.0. The average Bonchev–Trinajstić information content (AvgIpc) is 3.19. The van der Waals surface area contributed by atoms with Crippen LogP contribution >= 0.6 is 0 Å². The number of hydrogen-bond donors (Lipinski definition) is 2. The molecule has 2 saturated heterocycles. The van der Waals surface area contributed by atoms with E-state index >= 15 is 0 Å². The second kappa shape index (κ2) is 12.8. The van der Waals surface area contributed by atoms with E-state index in [-0.39, 0.29) is 43.4 Å². The van der Waals surface area contributed by atoms with E-state index < -0.39 is 59.5 Å². The molecule has 0 bridgehead atoms. The number of nitrogens with zero attached hydrogens (tertiary/aromatic N) is 4. The lowest BCUT2D eigenvalue weighted by Crippen LogP contribution is -2.56. The Kier molecular flexibility index (Phi) is 9.78. The number of nitrogens with one attached hydrogen (secondary N) is 1. The molecule has 3 heterocycles. The quantitative estimate of drug-likeness (QED) is 0.295. The average molecular weight is 674 g/mol. The zero-order valence-electron chi connectivity index (χ0n) is 26.5. The number of piperazine rings is 1. The molecule has 16 heteroatoms. The van der Waals surface area contributed by atoms with E-state index in [0.717, 1.165) is 17.0 Å². The molecular formula is C31H37F6N5O5. The summed E-state index contributed by atoms with van der Waals surface area (Å²) in [6.07, 6.45) is -10.1. The van der Waals surface area contributed by atoms with Crippen LogP contribution in [0.1, 0.15) is 57.9 Å². The number of alkyl halides is 6. The molecule has 1 aromatic carbocycles. The molecule has 47 heavy (non-hydrogen) atoms. The van der Waals surface area contributed by atoms with Gasteiger partial charge in [-0.05, 0) is 57.9 Å². The van der Waals surface area contributed by atoms with E-state index in [0.29, 0.717) is 23.9 Å². The van der Waals surface area contributed by atoms with Crippen LogP contribution in [-0.2, 0) is 27.1 Å². The number of imide groups is 1. The van der Waals surface area contributed by atoms with Gasteiger partial charge in [0.05, 0.1) is 18.0 Å². The number of urea groups is 1. The number of rotatable bonds is 9. The number of anilines is 1. The van der Waals surface area contributed by atoms with Crippen LogP contribution in [0, 0.1) is 0 Å². The van der Waals surface area contributed by atoms with Gasteiger partial charge in [0, 0.05) is 36.9 Å². The summed E-state index contributed by atoms with van der Waals surface area (Å²) in [6, 6.07) is 4.36. The fraction of sp³-hybridized carbons (Fsp3) is 0.548. The summed E-state index contributed by atoms with van der Waals surface area (Å²) in [5.74, 6) is -0.719.